The van der Waals surface area contributed by atoms with Gasteiger partial charge < -0.3 is 10.1 Å². The minimum Gasteiger partial charge on any atom is -0.383 e. The molecule has 2 nitrogen and oxygen atoms in total. The summed E-state index contributed by atoms with van der Waals surface area (Å²) in [6.45, 7) is 10.9. The molecule has 0 aromatic heterocycles. The van der Waals surface area contributed by atoms with Gasteiger partial charge in [-0.15, -0.1) is 0 Å². The highest BCUT2D eigenvalue weighted by molar-refractivity contribution is 4.72. The minimum absolute atomic E-state index is 0.588. The van der Waals surface area contributed by atoms with Gasteiger partial charge in [0.15, 0.2) is 0 Å². The molecule has 0 aromatic rings. The summed E-state index contributed by atoms with van der Waals surface area (Å²) in [7, 11) is 1.74. The lowest BCUT2D eigenvalue weighted by Gasteiger charge is -2.26. The Morgan fingerprint density at radius 2 is 1.85 bits per heavy atom. The number of rotatable bonds is 7. The fraction of sp³-hybridized carbons (Fsp3) is 1.00. The van der Waals surface area contributed by atoms with Crippen molar-refractivity contribution in [3.05, 3.63) is 0 Å². The number of methoxy groups -OCH3 is 1. The van der Waals surface area contributed by atoms with E-state index in [2.05, 4.69) is 33.0 Å². The number of hydrogen-bond donors (Lipinski definition) is 1. The first-order valence-electron chi connectivity index (χ1n) is 5.35. The van der Waals surface area contributed by atoms with Crippen molar-refractivity contribution in [1.82, 2.24) is 5.32 Å². The largest absolute Gasteiger partial charge is 0.383 e. The van der Waals surface area contributed by atoms with Crippen LogP contribution in [-0.2, 0) is 4.74 Å². The lowest BCUT2D eigenvalue weighted by atomic mass is 9.88. The number of hydrogen-bond acceptors (Lipinski definition) is 2. The fourth-order valence-corrected chi connectivity index (χ4v) is 1.44. The molecule has 0 aliphatic carbocycles. The zero-order valence-corrected chi connectivity index (χ0v) is 9.76. The molecule has 0 amide bonds. The van der Waals surface area contributed by atoms with Crippen LogP contribution >= 0.6 is 0 Å². The SMILES string of the molecule is CCC(C)C(C)C(C)NCCOC. The van der Waals surface area contributed by atoms with Crippen LogP contribution in [0.4, 0.5) is 0 Å². The average molecular weight is 187 g/mol. The van der Waals surface area contributed by atoms with Gasteiger partial charge in [-0.3, -0.25) is 0 Å². The highest BCUT2D eigenvalue weighted by Gasteiger charge is 2.16. The molecule has 0 aliphatic heterocycles. The second-order valence-electron chi connectivity index (χ2n) is 3.98. The molecule has 0 saturated carbocycles. The monoisotopic (exact) mass is 187 g/mol. The van der Waals surface area contributed by atoms with Gasteiger partial charge >= 0.3 is 0 Å². The van der Waals surface area contributed by atoms with Gasteiger partial charge in [0, 0.05) is 19.7 Å². The maximum Gasteiger partial charge on any atom is 0.0587 e. The molecular formula is C11H25NO. The molecule has 2 heteroatoms. The van der Waals surface area contributed by atoms with Gasteiger partial charge in [0.25, 0.3) is 0 Å². The molecule has 0 bridgehead atoms. The molecule has 0 spiro atoms. The third kappa shape index (κ3) is 5.27. The summed E-state index contributed by atoms with van der Waals surface area (Å²) in [6, 6.07) is 0.588. The molecule has 13 heavy (non-hydrogen) atoms. The zero-order chi connectivity index (χ0) is 10.3. The summed E-state index contributed by atoms with van der Waals surface area (Å²) in [5.41, 5.74) is 0. The minimum atomic E-state index is 0.588. The Bertz CT molecular complexity index is 117. The molecule has 80 valence electrons. The quantitative estimate of drug-likeness (QED) is 0.617. The third-order valence-corrected chi connectivity index (χ3v) is 3.10. The second kappa shape index (κ2) is 7.34. The van der Waals surface area contributed by atoms with E-state index in [9.17, 15) is 0 Å². The molecule has 3 unspecified atom stereocenters. The van der Waals surface area contributed by atoms with E-state index >= 15 is 0 Å². The lowest BCUT2D eigenvalue weighted by molar-refractivity contribution is 0.187. The predicted octanol–water partition coefficient (Wildman–Crippen LogP) is 2.29. The highest BCUT2D eigenvalue weighted by atomic mass is 16.5. The summed E-state index contributed by atoms with van der Waals surface area (Å²) < 4.78 is 5.00. The van der Waals surface area contributed by atoms with Crippen molar-refractivity contribution < 1.29 is 4.74 Å². The molecule has 0 aromatic carbocycles. The third-order valence-electron chi connectivity index (χ3n) is 3.10. The van der Waals surface area contributed by atoms with E-state index in [4.69, 9.17) is 4.74 Å². The van der Waals surface area contributed by atoms with Crippen molar-refractivity contribution >= 4 is 0 Å². The first-order chi connectivity index (χ1) is 6.13. The Kier molecular flexibility index (Phi) is 7.29. The summed E-state index contributed by atoms with van der Waals surface area (Å²) in [4.78, 5) is 0. The number of nitrogens with one attached hydrogen (secondary N) is 1. The Balaban J connectivity index is 3.62. The van der Waals surface area contributed by atoms with Crippen LogP contribution in [0.5, 0.6) is 0 Å². The van der Waals surface area contributed by atoms with E-state index in [-0.39, 0.29) is 0 Å². The van der Waals surface area contributed by atoms with Crippen LogP contribution in [0.1, 0.15) is 34.1 Å². The van der Waals surface area contributed by atoms with Crippen molar-refractivity contribution in [3.63, 3.8) is 0 Å². The van der Waals surface area contributed by atoms with Crippen LogP contribution in [0.3, 0.4) is 0 Å². The van der Waals surface area contributed by atoms with Crippen molar-refractivity contribution in [2.75, 3.05) is 20.3 Å². The molecule has 0 fully saturated rings. The van der Waals surface area contributed by atoms with E-state index in [1.165, 1.54) is 6.42 Å². The highest BCUT2D eigenvalue weighted by Crippen LogP contribution is 2.17. The molecule has 0 saturated heterocycles. The predicted molar refractivity (Wildman–Crippen MR) is 58.0 cm³/mol. The van der Waals surface area contributed by atoms with Crippen LogP contribution < -0.4 is 5.32 Å². The van der Waals surface area contributed by atoms with Gasteiger partial charge in [-0.25, -0.2) is 0 Å². The molecule has 0 heterocycles. The molecule has 0 radical (unpaired) electrons. The summed E-state index contributed by atoms with van der Waals surface area (Å²) in [5.74, 6) is 1.53. The van der Waals surface area contributed by atoms with Crippen molar-refractivity contribution in [3.8, 4) is 0 Å². The summed E-state index contributed by atoms with van der Waals surface area (Å²) in [6.07, 6.45) is 1.26. The molecule has 0 aliphatic rings. The topological polar surface area (TPSA) is 21.3 Å². The first-order valence-corrected chi connectivity index (χ1v) is 5.35. The van der Waals surface area contributed by atoms with E-state index < -0.39 is 0 Å². The van der Waals surface area contributed by atoms with E-state index in [0.717, 1.165) is 25.0 Å². The van der Waals surface area contributed by atoms with Gasteiger partial charge in [-0.1, -0.05) is 27.2 Å². The zero-order valence-electron chi connectivity index (χ0n) is 9.76. The van der Waals surface area contributed by atoms with E-state index in [0.29, 0.717) is 6.04 Å². The van der Waals surface area contributed by atoms with Gasteiger partial charge in [0.2, 0.25) is 0 Å². The first kappa shape index (κ1) is 12.9. The van der Waals surface area contributed by atoms with Crippen LogP contribution in [-0.4, -0.2) is 26.3 Å². The average Bonchev–Trinajstić information content (AvgIpc) is 2.15. The van der Waals surface area contributed by atoms with Crippen molar-refractivity contribution in [1.29, 1.82) is 0 Å². The number of ether oxygens (including phenoxy) is 1. The maximum atomic E-state index is 5.00. The smallest absolute Gasteiger partial charge is 0.0587 e. The van der Waals surface area contributed by atoms with Crippen molar-refractivity contribution in [2.45, 2.75) is 40.2 Å². The van der Waals surface area contributed by atoms with Crippen LogP contribution in [0.25, 0.3) is 0 Å². The Hall–Kier alpha value is -0.0800. The van der Waals surface area contributed by atoms with Gasteiger partial charge in [-0.2, -0.15) is 0 Å². The van der Waals surface area contributed by atoms with Crippen LogP contribution in [0, 0.1) is 11.8 Å². The van der Waals surface area contributed by atoms with Gasteiger partial charge in [0.05, 0.1) is 6.61 Å². The molecule has 1 N–H and O–H groups in total. The second-order valence-corrected chi connectivity index (χ2v) is 3.98. The fourth-order valence-electron chi connectivity index (χ4n) is 1.44. The van der Waals surface area contributed by atoms with Crippen LogP contribution in [0.15, 0.2) is 0 Å². The van der Waals surface area contributed by atoms with Crippen LogP contribution in [0.2, 0.25) is 0 Å². The Morgan fingerprint density at radius 1 is 1.23 bits per heavy atom. The Labute approximate surface area is 83.1 Å². The molecular weight excluding hydrogens is 162 g/mol. The summed E-state index contributed by atoms with van der Waals surface area (Å²) in [5, 5.41) is 3.47. The van der Waals surface area contributed by atoms with Gasteiger partial charge in [-0.05, 0) is 18.8 Å². The summed E-state index contributed by atoms with van der Waals surface area (Å²) >= 11 is 0. The normalized spacial score (nSPS) is 18.2. The maximum absolute atomic E-state index is 5.00. The Morgan fingerprint density at radius 3 is 2.31 bits per heavy atom. The lowest BCUT2D eigenvalue weighted by Crippen LogP contribution is -2.36. The van der Waals surface area contributed by atoms with Crippen molar-refractivity contribution in [2.24, 2.45) is 11.8 Å². The molecule has 0 rings (SSSR count). The standard InChI is InChI=1S/C11H25NO/c1-6-9(2)10(3)11(4)12-7-8-13-5/h9-12H,6-8H2,1-5H3. The van der Waals surface area contributed by atoms with E-state index in [1.54, 1.807) is 7.11 Å². The van der Waals surface area contributed by atoms with Gasteiger partial charge in [0.1, 0.15) is 0 Å². The molecule has 3 atom stereocenters. The van der Waals surface area contributed by atoms with E-state index in [1.807, 2.05) is 0 Å².